The third kappa shape index (κ3) is 3.64. The Labute approximate surface area is 198 Å². The first-order valence-corrected chi connectivity index (χ1v) is 11.4. The molecule has 2 aromatic carbocycles. The van der Waals surface area contributed by atoms with Crippen molar-refractivity contribution in [1.29, 1.82) is 0 Å². The molecule has 7 nitrogen and oxygen atoms in total. The number of anilines is 1. The Hall–Kier alpha value is -3.82. The van der Waals surface area contributed by atoms with Crippen molar-refractivity contribution in [2.24, 2.45) is 5.92 Å². The zero-order valence-corrected chi connectivity index (χ0v) is 18.8. The van der Waals surface area contributed by atoms with Gasteiger partial charge in [-0.15, -0.1) is 0 Å². The fourth-order valence-electron chi connectivity index (χ4n) is 4.77. The van der Waals surface area contributed by atoms with Crippen LogP contribution in [0.5, 0.6) is 5.75 Å². The lowest BCUT2D eigenvalue weighted by molar-refractivity contribution is -0.137. The minimum absolute atomic E-state index is 0.117. The van der Waals surface area contributed by atoms with Crippen LogP contribution in [0.15, 0.2) is 42.9 Å². The molecule has 0 bridgehead atoms. The third-order valence-electron chi connectivity index (χ3n) is 6.84. The summed E-state index contributed by atoms with van der Waals surface area (Å²) >= 11 is 0. The summed E-state index contributed by atoms with van der Waals surface area (Å²) in [6.07, 6.45) is 0.822. The maximum absolute atomic E-state index is 14.0. The van der Waals surface area contributed by atoms with E-state index < -0.39 is 17.8 Å². The number of benzene rings is 2. The van der Waals surface area contributed by atoms with Crippen molar-refractivity contribution < 1.29 is 22.7 Å². The third-order valence-corrected chi connectivity index (χ3v) is 6.84. The SMILES string of the molecule is Cc1cc2nc(N)c3cncn3c2cc1C(=O)N(CC1CC1)C1COc2cc(C(F)(F)F)ccc21. The van der Waals surface area contributed by atoms with Crippen LogP contribution in [0, 0.1) is 12.8 Å². The number of halogens is 3. The van der Waals surface area contributed by atoms with E-state index in [0.29, 0.717) is 46.0 Å². The predicted molar refractivity (Wildman–Crippen MR) is 123 cm³/mol. The summed E-state index contributed by atoms with van der Waals surface area (Å²) in [6, 6.07) is 6.64. The topological polar surface area (TPSA) is 85.8 Å². The number of rotatable bonds is 4. The van der Waals surface area contributed by atoms with Gasteiger partial charge >= 0.3 is 6.18 Å². The molecule has 2 aliphatic rings. The number of nitrogens with zero attached hydrogens (tertiary/aromatic N) is 4. The highest BCUT2D eigenvalue weighted by Gasteiger charge is 2.39. The summed E-state index contributed by atoms with van der Waals surface area (Å²) in [6.45, 7) is 2.48. The summed E-state index contributed by atoms with van der Waals surface area (Å²) in [4.78, 5) is 24.3. The van der Waals surface area contributed by atoms with E-state index in [4.69, 9.17) is 10.5 Å². The van der Waals surface area contributed by atoms with E-state index in [1.54, 1.807) is 27.9 Å². The number of nitrogens with two attached hydrogens (primary N) is 1. The number of fused-ring (bicyclic) bond motifs is 4. The molecule has 180 valence electrons. The van der Waals surface area contributed by atoms with Crippen LogP contribution in [0.2, 0.25) is 0 Å². The first-order valence-electron chi connectivity index (χ1n) is 11.4. The molecule has 1 unspecified atom stereocenters. The van der Waals surface area contributed by atoms with Crippen LogP contribution in [-0.2, 0) is 6.18 Å². The van der Waals surface area contributed by atoms with Crippen molar-refractivity contribution in [2.45, 2.75) is 32.0 Å². The van der Waals surface area contributed by atoms with Crippen LogP contribution in [0.3, 0.4) is 0 Å². The number of hydrogen-bond donors (Lipinski definition) is 1. The lowest BCUT2D eigenvalue weighted by Crippen LogP contribution is -2.37. The highest BCUT2D eigenvalue weighted by molar-refractivity contribution is 6.00. The molecule has 6 rings (SSSR count). The van der Waals surface area contributed by atoms with Crippen molar-refractivity contribution >= 4 is 28.3 Å². The van der Waals surface area contributed by atoms with E-state index in [-0.39, 0.29) is 18.3 Å². The molecule has 1 amide bonds. The summed E-state index contributed by atoms with van der Waals surface area (Å²) < 4.78 is 47.0. The highest BCUT2D eigenvalue weighted by atomic mass is 19.4. The van der Waals surface area contributed by atoms with Gasteiger partial charge < -0.3 is 15.4 Å². The van der Waals surface area contributed by atoms with Gasteiger partial charge in [0.25, 0.3) is 5.91 Å². The second kappa shape index (κ2) is 7.59. The molecule has 3 heterocycles. The summed E-state index contributed by atoms with van der Waals surface area (Å²) in [7, 11) is 0. The Morgan fingerprint density at radius 2 is 2.03 bits per heavy atom. The van der Waals surface area contributed by atoms with Crippen molar-refractivity contribution in [2.75, 3.05) is 18.9 Å². The number of aryl methyl sites for hydroxylation is 1. The fourth-order valence-corrected chi connectivity index (χ4v) is 4.77. The van der Waals surface area contributed by atoms with Crippen molar-refractivity contribution in [1.82, 2.24) is 19.3 Å². The second-order valence-corrected chi connectivity index (χ2v) is 9.28. The van der Waals surface area contributed by atoms with Gasteiger partial charge in [0.05, 0.1) is 35.2 Å². The van der Waals surface area contributed by atoms with Gasteiger partial charge in [0.15, 0.2) is 0 Å². The van der Waals surface area contributed by atoms with Gasteiger partial charge in [0.2, 0.25) is 0 Å². The molecule has 0 spiro atoms. The number of carbonyl (C=O) groups excluding carboxylic acids is 1. The molecule has 2 N–H and O–H groups in total. The van der Waals surface area contributed by atoms with E-state index in [2.05, 4.69) is 9.97 Å². The molecule has 0 radical (unpaired) electrons. The Morgan fingerprint density at radius 3 is 2.77 bits per heavy atom. The second-order valence-electron chi connectivity index (χ2n) is 9.28. The van der Waals surface area contributed by atoms with Crippen LogP contribution in [0.25, 0.3) is 16.6 Å². The number of imidazole rings is 1. The van der Waals surface area contributed by atoms with Crippen LogP contribution in [-0.4, -0.2) is 38.3 Å². The average molecular weight is 481 g/mol. The standard InChI is InChI=1S/C25H22F3N5O2/c1-13-6-18-19(33-12-30-9-20(33)23(29)31-18)8-17(13)24(34)32(10-14-2-3-14)21-11-35-22-7-15(25(26,27)28)4-5-16(21)22/h4-9,12,14,21H,2-3,10-11H2,1H3,(H2,29,31). The Balaban J connectivity index is 1.42. The number of nitrogen functional groups attached to an aromatic ring is 1. The number of ether oxygens (including phenoxy) is 1. The molecule has 1 aliphatic heterocycles. The maximum Gasteiger partial charge on any atom is 0.416 e. The molecule has 1 saturated carbocycles. The smallest absolute Gasteiger partial charge is 0.416 e. The van der Waals surface area contributed by atoms with Gasteiger partial charge in [-0.05, 0) is 55.5 Å². The number of alkyl halides is 3. The molecule has 4 aromatic rings. The first-order chi connectivity index (χ1) is 16.7. The van der Waals surface area contributed by atoms with E-state index in [9.17, 15) is 18.0 Å². The molecule has 1 aliphatic carbocycles. The highest BCUT2D eigenvalue weighted by Crippen LogP contribution is 2.42. The monoisotopic (exact) mass is 481 g/mol. The van der Waals surface area contributed by atoms with Gasteiger partial charge in [-0.1, -0.05) is 6.07 Å². The first kappa shape index (κ1) is 21.7. The molecule has 0 saturated heterocycles. The summed E-state index contributed by atoms with van der Waals surface area (Å²) in [5.41, 5.74) is 9.11. The summed E-state index contributed by atoms with van der Waals surface area (Å²) in [5.74, 6) is 0.706. The minimum atomic E-state index is -4.46. The summed E-state index contributed by atoms with van der Waals surface area (Å²) in [5, 5.41) is 0. The number of hydrogen-bond acceptors (Lipinski definition) is 5. The molecule has 2 aromatic heterocycles. The predicted octanol–water partition coefficient (Wildman–Crippen LogP) is 4.78. The van der Waals surface area contributed by atoms with Gasteiger partial charge in [0.1, 0.15) is 23.7 Å². The van der Waals surface area contributed by atoms with E-state index in [1.807, 2.05) is 13.0 Å². The Morgan fingerprint density at radius 1 is 1.23 bits per heavy atom. The number of aromatic nitrogens is 3. The van der Waals surface area contributed by atoms with E-state index >= 15 is 0 Å². The van der Waals surface area contributed by atoms with Crippen LogP contribution in [0.1, 0.15) is 45.9 Å². The van der Waals surface area contributed by atoms with Crippen molar-refractivity contribution in [3.05, 3.63) is 65.1 Å². The van der Waals surface area contributed by atoms with Crippen LogP contribution >= 0.6 is 0 Å². The minimum Gasteiger partial charge on any atom is -0.491 e. The largest absolute Gasteiger partial charge is 0.491 e. The molecule has 1 atom stereocenters. The fraction of sp³-hybridized carbons (Fsp3) is 0.320. The Kier molecular flexibility index (Phi) is 4.71. The quantitative estimate of drug-likeness (QED) is 0.454. The van der Waals surface area contributed by atoms with Crippen LogP contribution < -0.4 is 10.5 Å². The van der Waals surface area contributed by atoms with Gasteiger partial charge in [-0.3, -0.25) is 9.20 Å². The van der Waals surface area contributed by atoms with E-state index in [0.717, 1.165) is 30.5 Å². The molecule has 35 heavy (non-hydrogen) atoms. The van der Waals surface area contributed by atoms with Crippen LogP contribution in [0.4, 0.5) is 19.0 Å². The Bertz CT molecular complexity index is 1490. The molecular weight excluding hydrogens is 459 g/mol. The lowest BCUT2D eigenvalue weighted by atomic mass is 10.0. The van der Waals surface area contributed by atoms with Gasteiger partial charge in [-0.25, -0.2) is 9.97 Å². The van der Waals surface area contributed by atoms with Crippen molar-refractivity contribution in [3.63, 3.8) is 0 Å². The zero-order valence-electron chi connectivity index (χ0n) is 18.8. The normalized spacial score (nSPS) is 17.5. The number of carbonyl (C=O) groups is 1. The zero-order chi connectivity index (χ0) is 24.5. The maximum atomic E-state index is 14.0. The van der Waals surface area contributed by atoms with Crippen molar-refractivity contribution in [3.8, 4) is 5.75 Å². The van der Waals surface area contributed by atoms with E-state index in [1.165, 1.54) is 6.07 Å². The van der Waals surface area contributed by atoms with Gasteiger partial charge in [0, 0.05) is 17.7 Å². The van der Waals surface area contributed by atoms with Gasteiger partial charge in [-0.2, -0.15) is 13.2 Å². The molecular formula is C25H22F3N5O2. The molecule has 1 fully saturated rings. The molecule has 10 heteroatoms. The number of amides is 1. The average Bonchev–Trinajstić information content (AvgIpc) is 3.32. The lowest BCUT2D eigenvalue weighted by Gasteiger charge is -2.29.